The van der Waals surface area contributed by atoms with Gasteiger partial charge in [-0.25, -0.2) is 9.67 Å². The summed E-state index contributed by atoms with van der Waals surface area (Å²) in [5, 5.41) is 16.3. The fraction of sp³-hybridized carbons (Fsp3) is 0.0588. The first-order valence-electron chi connectivity index (χ1n) is 7.07. The van der Waals surface area contributed by atoms with E-state index in [2.05, 4.69) is 15.4 Å². The highest BCUT2D eigenvalue weighted by Gasteiger charge is 2.16. The molecule has 3 aromatic rings. The molecular formula is C17H12ClN5O. The lowest BCUT2D eigenvalue weighted by Crippen LogP contribution is -2.13. The summed E-state index contributed by atoms with van der Waals surface area (Å²) in [6, 6.07) is 12.2. The largest absolute Gasteiger partial charge is 0.322 e. The van der Waals surface area contributed by atoms with Crippen LogP contribution < -0.4 is 5.32 Å². The minimum atomic E-state index is -0.319. The van der Waals surface area contributed by atoms with Gasteiger partial charge in [-0.2, -0.15) is 10.4 Å². The summed E-state index contributed by atoms with van der Waals surface area (Å²) < 4.78 is 1.59. The highest BCUT2D eigenvalue weighted by atomic mass is 35.5. The second-order valence-corrected chi connectivity index (χ2v) is 5.41. The van der Waals surface area contributed by atoms with Gasteiger partial charge in [0.1, 0.15) is 6.07 Å². The van der Waals surface area contributed by atoms with E-state index < -0.39 is 0 Å². The second kappa shape index (κ2) is 6.52. The van der Waals surface area contributed by atoms with E-state index in [1.54, 1.807) is 36.0 Å². The molecule has 1 aromatic carbocycles. The average molecular weight is 338 g/mol. The summed E-state index contributed by atoms with van der Waals surface area (Å²) in [7, 11) is 0. The predicted octanol–water partition coefficient (Wildman–Crippen LogP) is 3.35. The first kappa shape index (κ1) is 15.7. The molecule has 0 saturated heterocycles. The third-order valence-corrected chi connectivity index (χ3v) is 3.79. The van der Waals surface area contributed by atoms with Gasteiger partial charge in [-0.3, -0.25) is 4.79 Å². The van der Waals surface area contributed by atoms with Crippen molar-refractivity contribution in [2.24, 2.45) is 0 Å². The zero-order chi connectivity index (χ0) is 17.1. The van der Waals surface area contributed by atoms with Crippen LogP contribution in [-0.4, -0.2) is 20.7 Å². The number of hydrogen-bond donors (Lipinski definition) is 1. The van der Waals surface area contributed by atoms with Gasteiger partial charge >= 0.3 is 0 Å². The number of benzene rings is 1. The smallest absolute Gasteiger partial charge is 0.259 e. The zero-order valence-electron chi connectivity index (χ0n) is 12.7. The van der Waals surface area contributed by atoms with Gasteiger partial charge in [0.2, 0.25) is 0 Å². The van der Waals surface area contributed by atoms with Crippen molar-refractivity contribution < 1.29 is 4.79 Å². The van der Waals surface area contributed by atoms with E-state index in [9.17, 15) is 4.79 Å². The minimum Gasteiger partial charge on any atom is -0.322 e. The van der Waals surface area contributed by atoms with Crippen LogP contribution in [0, 0.1) is 18.3 Å². The topological polar surface area (TPSA) is 83.6 Å². The maximum atomic E-state index is 12.5. The van der Waals surface area contributed by atoms with E-state index in [1.807, 2.05) is 18.2 Å². The summed E-state index contributed by atoms with van der Waals surface area (Å²) in [4.78, 5) is 16.7. The molecule has 0 aliphatic rings. The molecular weight excluding hydrogens is 326 g/mol. The standard InChI is InChI=1S/C17H12ClN5O/c1-11-14(10-21-23(11)16-4-2-3-7-20-16)17(24)22-13-5-6-15(18)12(8-13)9-19/h2-8,10H,1H3,(H,22,24). The lowest BCUT2D eigenvalue weighted by atomic mass is 10.2. The van der Waals surface area contributed by atoms with Gasteiger partial charge in [0.05, 0.1) is 28.0 Å². The van der Waals surface area contributed by atoms with E-state index in [4.69, 9.17) is 16.9 Å². The number of nitrogens with one attached hydrogen (secondary N) is 1. The Hall–Kier alpha value is -3.17. The van der Waals surface area contributed by atoms with Crippen LogP contribution in [0.1, 0.15) is 21.6 Å². The van der Waals surface area contributed by atoms with E-state index >= 15 is 0 Å². The lowest BCUT2D eigenvalue weighted by molar-refractivity contribution is 0.102. The van der Waals surface area contributed by atoms with Gasteiger partial charge in [0.15, 0.2) is 5.82 Å². The van der Waals surface area contributed by atoms with Crippen molar-refractivity contribution in [3.63, 3.8) is 0 Å². The Balaban J connectivity index is 1.87. The number of rotatable bonds is 3. The number of nitriles is 1. The molecule has 0 unspecified atom stereocenters. The average Bonchev–Trinajstić information content (AvgIpc) is 2.99. The maximum Gasteiger partial charge on any atom is 0.259 e. The number of hydrogen-bond acceptors (Lipinski definition) is 4. The Kier molecular flexibility index (Phi) is 4.27. The van der Waals surface area contributed by atoms with Crippen molar-refractivity contribution in [1.29, 1.82) is 5.26 Å². The number of aromatic nitrogens is 3. The molecule has 7 heteroatoms. The number of halogens is 1. The van der Waals surface area contributed by atoms with Crippen LogP contribution in [0.5, 0.6) is 0 Å². The van der Waals surface area contributed by atoms with E-state index in [-0.39, 0.29) is 5.91 Å². The molecule has 0 saturated carbocycles. The molecule has 24 heavy (non-hydrogen) atoms. The van der Waals surface area contributed by atoms with Crippen LogP contribution in [0.15, 0.2) is 48.8 Å². The third-order valence-electron chi connectivity index (χ3n) is 3.47. The highest BCUT2D eigenvalue weighted by Crippen LogP contribution is 2.21. The fourth-order valence-electron chi connectivity index (χ4n) is 2.23. The SMILES string of the molecule is Cc1c(C(=O)Nc2ccc(Cl)c(C#N)c2)cnn1-c1ccccn1. The molecule has 0 fully saturated rings. The molecule has 6 nitrogen and oxygen atoms in total. The molecule has 0 spiro atoms. The van der Waals surface area contributed by atoms with Gasteiger partial charge in [0, 0.05) is 11.9 Å². The van der Waals surface area contributed by atoms with Crippen molar-refractivity contribution >= 4 is 23.2 Å². The summed E-state index contributed by atoms with van der Waals surface area (Å²) >= 11 is 5.89. The Morgan fingerprint density at radius 1 is 1.33 bits per heavy atom. The molecule has 1 amide bonds. The van der Waals surface area contributed by atoms with Crippen LogP contribution >= 0.6 is 11.6 Å². The normalized spacial score (nSPS) is 10.2. The number of amides is 1. The van der Waals surface area contributed by atoms with Crippen molar-refractivity contribution in [1.82, 2.24) is 14.8 Å². The molecule has 0 aliphatic carbocycles. The van der Waals surface area contributed by atoms with E-state index in [0.29, 0.717) is 33.3 Å². The van der Waals surface area contributed by atoms with Crippen molar-refractivity contribution in [2.75, 3.05) is 5.32 Å². The predicted molar refractivity (Wildman–Crippen MR) is 90.2 cm³/mol. The summed E-state index contributed by atoms with van der Waals surface area (Å²) in [6.07, 6.45) is 3.15. The van der Waals surface area contributed by atoms with Crippen LogP contribution in [-0.2, 0) is 0 Å². The van der Waals surface area contributed by atoms with E-state index in [1.165, 1.54) is 12.3 Å². The molecule has 1 N–H and O–H groups in total. The van der Waals surface area contributed by atoms with E-state index in [0.717, 1.165) is 0 Å². The molecule has 2 heterocycles. The Morgan fingerprint density at radius 3 is 2.88 bits per heavy atom. The number of nitrogens with zero attached hydrogens (tertiary/aromatic N) is 4. The number of carbonyl (C=O) groups excluding carboxylic acids is 1. The van der Waals surface area contributed by atoms with Crippen molar-refractivity contribution in [2.45, 2.75) is 6.92 Å². The molecule has 0 radical (unpaired) electrons. The molecule has 0 atom stereocenters. The summed E-state index contributed by atoms with van der Waals surface area (Å²) in [5.41, 5.74) is 1.89. The molecule has 0 bridgehead atoms. The first-order valence-corrected chi connectivity index (χ1v) is 7.45. The monoisotopic (exact) mass is 337 g/mol. The number of carbonyl (C=O) groups is 1. The fourth-order valence-corrected chi connectivity index (χ4v) is 2.39. The van der Waals surface area contributed by atoms with Gasteiger partial charge < -0.3 is 5.32 Å². The van der Waals surface area contributed by atoms with Gasteiger partial charge in [-0.15, -0.1) is 0 Å². The van der Waals surface area contributed by atoms with Crippen LogP contribution in [0.4, 0.5) is 5.69 Å². The number of anilines is 1. The quantitative estimate of drug-likeness (QED) is 0.794. The van der Waals surface area contributed by atoms with Gasteiger partial charge in [-0.1, -0.05) is 17.7 Å². The van der Waals surface area contributed by atoms with Gasteiger partial charge in [0.25, 0.3) is 5.91 Å². The van der Waals surface area contributed by atoms with Gasteiger partial charge in [-0.05, 0) is 37.3 Å². The number of pyridine rings is 1. The minimum absolute atomic E-state index is 0.301. The molecule has 2 aromatic heterocycles. The summed E-state index contributed by atoms with van der Waals surface area (Å²) in [5.74, 6) is 0.313. The lowest BCUT2D eigenvalue weighted by Gasteiger charge is -2.07. The van der Waals surface area contributed by atoms with Crippen LogP contribution in [0.3, 0.4) is 0 Å². The third kappa shape index (κ3) is 2.98. The second-order valence-electron chi connectivity index (χ2n) is 5.00. The molecule has 118 valence electrons. The van der Waals surface area contributed by atoms with Crippen LogP contribution in [0.2, 0.25) is 5.02 Å². The van der Waals surface area contributed by atoms with Crippen molar-refractivity contribution in [3.05, 3.63) is 70.6 Å². The Labute approximate surface area is 143 Å². The van der Waals surface area contributed by atoms with Crippen molar-refractivity contribution in [3.8, 4) is 11.9 Å². The maximum absolute atomic E-state index is 12.5. The Bertz CT molecular complexity index is 943. The first-order chi connectivity index (χ1) is 11.6. The van der Waals surface area contributed by atoms with Crippen LogP contribution in [0.25, 0.3) is 5.82 Å². The Morgan fingerprint density at radius 2 is 2.17 bits per heavy atom. The highest BCUT2D eigenvalue weighted by molar-refractivity contribution is 6.31. The zero-order valence-corrected chi connectivity index (χ0v) is 13.4. The molecule has 3 rings (SSSR count). The summed E-state index contributed by atoms with van der Waals surface area (Å²) in [6.45, 7) is 1.79. The molecule has 0 aliphatic heterocycles.